The number of ether oxygens (including phenoxy) is 1. The van der Waals surface area contributed by atoms with Gasteiger partial charge in [0.05, 0.1) is 24.5 Å². The number of aliphatic carboxylic acids is 1. The summed E-state index contributed by atoms with van der Waals surface area (Å²) in [4.78, 5) is 24.4. The van der Waals surface area contributed by atoms with Gasteiger partial charge in [0.2, 0.25) is 15.9 Å². The summed E-state index contributed by atoms with van der Waals surface area (Å²) in [6.07, 6.45) is -0.0977. The van der Waals surface area contributed by atoms with Crippen LogP contribution in [-0.4, -0.2) is 48.9 Å². The highest BCUT2D eigenvalue weighted by molar-refractivity contribution is 7.89. The second kappa shape index (κ2) is 9.27. The highest BCUT2D eigenvalue weighted by Gasteiger charge is 2.53. The van der Waals surface area contributed by atoms with E-state index in [1.807, 2.05) is 0 Å². The van der Waals surface area contributed by atoms with E-state index in [1.165, 1.54) is 32.2 Å². The Labute approximate surface area is 196 Å². The van der Waals surface area contributed by atoms with Crippen LogP contribution >= 0.6 is 23.2 Å². The van der Waals surface area contributed by atoms with Crippen molar-refractivity contribution in [2.45, 2.75) is 36.2 Å². The molecule has 2 N–H and O–H groups in total. The number of nitrogens with zero attached hydrogens (tertiary/aromatic N) is 1. The van der Waals surface area contributed by atoms with E-state index < -0.39 is 33.5 Å². The predicted octanol–water partition coefficient (Wildman–Crippen LogP) is 3.49. The molecule has 172 valence electrons. The van der Waals surface area contributed by atoms with Gasteiger partial charge in [-0.2, -0.15) is 4.31 Å². The number of carbonyl (C=O) groups is 2. The van der Waals surface area contributed by atoms with E-state index in [-0.39, 0.29) is 34.3 Å². The fourth-order valence-electron chi connectivity index (χ4n) is 3.53. The minimum atomic E-state index is -4.06. The van der Waals surface area contributed by atoms with Gasteiger partial charge in [0.15, 0.2) is 0 Å². The van der Waals surface area contributed by atoms with E-state index in [0.29, 0.717) is 11.3 Å². The van der Waals surface area contributed by atoms with Crippen LogP contribution in [0.5, 0.6) is 5.75 Å². The van der Waals surface area contributed by atoms with Crippen molar-refractivity contribution in [2.24, 2.45) is 0 Å². The molecule has 0 bridgehead atoms. The van der Waals surface area contributed by atoms with Gasteiger partial charge in [0.1, 0.15) is 11.3 Å². The molecule has 1 fully saturated rings. The molecule has 0 aromatic heterocycles. The van der Waals surface area contributed by atoms with Crippen molar-refractivity contribution in [1.29, 1.82) is 0 Å². The normalized spacial score (nSPS) is 19.6. The first kappa shape index (κ1) is 24.3. The van der Waals surface area contributed by atoms with Gasteiger partial charge < -0.3 is 15.2 Å². The van der Waals surface area contributed by atoms with Crippen molar-refractivity contribution in [3.63, 3.8) is 0 Å². The number of rotatable bonds is 8. The van der Waals surface area contributed by atoms with Crippen LogP contribution < -0.4 is 10.1 Å². The Balaban J connectivity index is 1.86. The minimum absolute atomic E-state index is 0.119. The zero-order valence-corrected chi connectivity index (χ0v) is 19.7. The van der Waals surface area contributed by atoms with Crippen LogP contribution in [0.4, 0.5) is 0 Å². The maximum absolute atomic E-state index is 13.2. The van der Waals surface area contributed by atoms with E-state index in [1.54, 1.807) is 24.3 Å². The second-order valence-electron chi connectivity index (χ2n) is 7.60. The van der Waals surface area contributed by atoms with Crippen LogP contribution in [-0.2, 0) is 19.6 Å². The average molecular weight is 501 g/mol. The number of sulfonamides is 1. The summed E-state index contributed by atoms with van der Waals surface area (Å²) < 4.78 is 32.5. The lowest BCUT2D eigenvalue weighted by molar-refractivity contribution is -0.139. The minimum Gasteiger partial charge on any atom is -0.497 e. The molecular weight excluding hydrogens is 479 g/mol. The molecule has 1 heterocycles. The first-order chi connectivity index (χ1) is 15.0. The maximum Gasteiger partial charge on any atom is 0.305 e. The quantitative estimate of drug-likeness (QED) is 0.573. The number of carbonyl (C=O) groups excluding carboxylic acids is 1. The summed E-state index contributed by atoms with van der Waals surface area (Å²) in [5, 5.41) is 12.3. The molecule has 1 amide bonds. The number of benzene rings is 2. The van der Waals surface area contributed by atoms with Gasteiger partial charge in [-0.1, -0.05) is 35.3 Å². The molecule has 1 aliphatic rings. The fourth-order valence-corrected chi connectivity index (χ4v) is 6.03. The molecule has 8 nitrogen and oxygen atoms in total. The van der Waals surface area contributed by atoms with Gasteiger partial charge in [0.25, 0.3) is 0 Å². The molecule has 1 aliphatic heterocycles. The Morgan fingerprint density at radius 1 is 1.19 bits per heavy atom. The summed E-state index contributed by atoms with van der Waals surface area (Å²) in [7, 11) is -2.56. The fraction of sp³-hybridized carbons (Fsp3) is 0.333. The Bertz CT molecular complexity index is 1120. The van der Waals surface area contributed by atoms with Crippen LogP contribution in [0.25, 0.3) is 0 Å². The molecule has 0 unspecified atom stereocenters. The van der Waals surface area contributed by atoms with E-state index >= 15 is 0 Å². The number of amides is 1. The van der Waals surface area contributed by atoms with Gasteiger partial charge in [0, 0.05) is 16.6 Å². The third kappa shape index (κ3) is 4.85. The monoisotopic (exact) mass is 500 g/mol. The van der Waals surface area contributed by atoms with Crippen molar-refractivity contribution in [3.8, 4) is 5.75 Å². The van der Waals surface area contributed by atoms with Crippen molar-refractivity contribution >= 4 is 45.1 Å². The maximum atomic E-state index is 13.2. The Morgan fingerprint density at radius 2 is 1.78 bits per heavy atom. The smallest absolute Gasteiger partial charge is 0.305 e. The number of carboxylic acids is 1. The van der Waals surface area contributed by atoms with Crippen LogP contribution in [0.2, 0.25) is 10.0 Å². The van der Waals surface area contributed by atoms with Gasteiger partial charge in [-0.25, -0.2) is 8.42 Å². The van der Waals surface area contributed by atoms with Gasteiger partial charge in [-0.05, 0) is 49.2 Å². The second-order valence-corrected chi connectivity index (χ2v) is 10.3. The summed E-state index contributed by atoms with van der Waals surface area (Å²) >= 11 is 11.9. The zero-order valence-electron chi connectivity index (χ0n) is 17.3. The van der Waals surface area contributed by atoms with Crippen LogP contribution in [0, 0.1) is 0 Å². The first-order valence-corrected chi connectivity index (χ1v) is 11.8. The van der Waals surface area contributed by atoms with Crippen molar-refractivity contribution in [3.05, 3.63) is 58.1 Å². The molecule has 11 heteroatoms. The number of methoxy groups -OCH3 is 1. The molecule has 32 heavy (non-hydrogen) atoms. The third-order valence-electron chi connectivity index (χ3n) is 5.47. The van der Waals surface area contributed by atoms with E-state index in [4.69, 9.17) is 27.9 Å². The molecule has 0 spiro atoms. The number of hydrogen-bond acceptors (Lipinski definition) is 5. The first-order valence-electron chi connectivity index (χ1n) is 9.63. The lowest BCUT2D eigenvalue weighted by atomic mass is 9.88. The summed E-state index contributed by atoms with van der Waals surface area (Å²) in [6.45, 7) is 1.63. The molecule has 0 saturated carbocycles. The zero-order chi connectivity index (χ0) is 23.7. The van der Waals surface area contributed by atoms with Gasteiger partial charge >= 0.3 is 5.97 Å². The number of carboxylic acid groups (broad SMARTS) is 1. The average Bonchev–Trinajstić information content (AvgIpc) is 2.70. The highest BCUT2D eigenvalue weighted by atomic mass is 35.5. The van der Waals surface area contributed by atoms with Gasteiger partial charge in [-0.15, -0.1) is 0 Å². The standard InChI is InChI=1S/C21H22Cl2N2O6S/c1-21(7-8-25(21)32(29,30)17-10-14(22)9-15(23)11-17)20(28)24-18(12-19(26)27)13-3-5-16(31-2)6-4-13/h3-6,9-11,18H,7-8,12H2,1-2H3,(H,24,28)(H,26,27)/t18-,21+/m1/s1. The molecule has 2 atom stereocenters. The van der Waals surface area contributed by atoms with E-state index in [2.05, 4.69) is 5.32 Å². The molecule has 3 rings (SSSR count). The number of hydrogen-bond donors (Lipinski definition) is 2. The highest BCUT2D eigenvalue weighted by Crippen LogP contribution is 2.38. The van der Waals surface area contributed by atoms with E-state index in [0.717, 1.165) is 4.31 Å². The summed E-state index contributed by atoms with van der Waals surface area (Å²) in [5.41, 5.74) is -0.836. The Hall–Kier alpha value is -2.33. The molecule has 0 radical (unpaired) electrons. The number of nitrogens with one attached hydrogen (secondary N) is 1. The van der Waals surface area contributed by atoms with Crippen LogP contribution in [0.15, 0.2) is 47.4 Å². The van der Waals surface area contributed by atoms with E-state index in [9.17, 15) is 23.1 Å². The molecule has 1 saturated heterocycles. The lowest BCUT2D eigenvalue weighted by Crippen LogP contribution is -2.67. The molecule has 2 aromatic carbocycles. The molecular formula is C21H22Cl2N2O6S. The largest absolute Gasteiger partial charge is 0.497 e. The predicted molar refractivity (Wildman–Crippen MR) is 120 cm³/mol. The van der Waals surface area contributed by atoms with Crippen LogP contribution in [0.1, 0.15) is 31.4 Å². The Morgan fingerprint density at radius 3 is 2.25 bits per heavy atom. The molecule has 2 aromatic rings. The third-order valence-corrected chi connectivity index (χ3v) is 7.90. The van der Waals surface area contributed by atoms with Gasteiger partial charge in [-0.3, -0.25) is 9.59 Å². The van der Waals surface area contributed by atoms with Crippen LogP contribution in [0.3, 0.4) is 0 Å². The van der Waals surface area contributed by atoms with Crippen molar-refractivity contribution < 1.29 is 27.9 Å². The Kier molecular flexibility index (Phi) is 7.04. The lowest BCUT2D eigenvalue weighted by Gasteiger charge is -2.48. The molecule has 0 aliphatic carbocycles. The van der Waals surface area contributed by atoms with Crippen molar-refractivity contribution in [1.82, 2.24) is 9.62 Å². The topological polar surface area (TPSA) is 113 Å². The number of halogens is 2. The summed E-state index contributed by atoms with van der Waals surface area (Å²) in [6, 6.07) is 9.70. The van der Waals surface area contributed by atoms with Crippen molar-refractivity contribution in [2.75, 3.05) is 13.7 Å². The summed E-state index contributed by atoms with van der Waals surface area (Å²) in [5.74, 6) is -1.12. The SMILES string of the molecule is COc1ccc([C@@H](CC(=O)O)NC(=O)[C@]2(C)CCN2S(=O)(=O)c2cc(Cl)cc(Cl)c2)cc1.